The molecule has 5 rings (SSSR count). The molecule has 2 fully saturated rings. The molecule has 0 unspecified atom stereocenters. The molecule has 1 aliphatic heterocycles. The molecule has 1 saturated heterocycles. The fourth-order valence-corrected chi connectivity index (χ4v) is 5.12. The molecule has 0 spiro atoms. The Labute approximate surface area is 211 Å². The molecule has 0 aromatic carbocycles. The van der Waals surface area contributed by atoms with Crippen molar-refractivity contribution >= 4 is 28.5 Å². The van der Waals surface area contributed by atoms with Gasteiger partial charge in [-0.1, -0.05) is 12.8 Å². The van der Waals surface area contributed by atoms with Gasteiger partial charge in [0.15, 0.2) is 0 Å². The Morgan fingerprint density at radius 3 is 2.64 bits per heavy atom. The van der Waals surface area contributed by atoms with E-state index in [9.17, 15) is 4.79 Å². The van der Waals surface area contributed by atoms with Crippen molar-refractivity contribution in [2.24, 2.45) is 0 Å². The molecule has 1 aliphatic carbocycles. The number of hydrogen-bond acceptors (Lipinski definition) is 9. The van der Waals surface area contributed by atoms with Crippen molar-refractivity contribution in [3.63, 3.8) is 0 Å². The molecule has 0 amide bonds. The maximum atomic E-state index is 13.7. The van der Waals surface area contributed by atoms with Crippen molar-refractivity contribution in [3.8, 4) is 0 Å². The van der Waals surface area contributed by atoms with Gasteiger partial charge in [0, 0.05) is 56.5 Å². The number of pyridine rings is 2. The summed E-state index contributed by atoms with van der Waals surface area (Å²) in [6, 6.07) is 4.15. The molecule has 0 radical (unpaired) electrons. The molecule has 3 aromatic rings. The second kappa shape index (κ2) is 11.3. The van der Waals surface area contributed by atoms with Crippen molar-refractivity contribution in [2.75, 3.05) is 56.7 Å². The summed E-state index contributed by atoms with van der Waals surface area (Å²) in [6.07, 6.45) is 7.87. The van der Waals surface area contributed by atoms with Gasteiger partial charge in [0.2, 0.25) is 5.95 Å². The van der Waals surface area contributed by atoms with E-state index in [-0.39, 0.29) is 18.2 Å². The Hall–Kier alpha value is -3.08. The Bertz CT molecular complexity index is 1230. The van der Waals surface area contributed by atoms with Crippen LogP contribution >= 0.6 is 0 Å². The van der Waals surface area contributed by atoms with Gasteiger partial charge in [-0.05, 0) is 37.5 Å². The second-order valence-electron chi connectivity index (χ2n) is 9.46. The number of piperazine rings is 1. The van der Waals surface area contributed by atoms with E-state index in [0.29, 0.717) is 36.2 Å². The maximum absolute atomic E-state index is 13.7. The monoisotopic (exact) mass is 493 g/mol. The molecular weight excluding hydrogens is 458 g/mol. The minimum atomic E-state index is -0.0209. The molecule has 0 atom stereocenters. The lowest BCUT2D eigenvalue weighted by Crippen LogP contribution is -2.43. The Balaban J connectivity index is 1.45. The highest BCUT2D eigenvalue weighted by Crippen LogP contribution is 2.32. The molecular formula is C26H35N7O3. The van der Waals surface area contributed by atoms with Gasteiger partial charge in [-0.25, -0.2) is 9.97 Å². The summed E-state index contributed by atoms with van der Waals surface area (Å²) in [5, 5.41) is 7.47. The van der Waals surface area contributed by atoms with Crippen LogP contribution in [0.5, 0.6) is 0 Å². The number of fused-ring (bicyclic) bond motifs is 1. The van der Waals surface area contributed by atoms with Crippen molar-refractivity contribution in [3.05, 3.63) is 46.0 Å². The fraction of sp³-hybridized carbons (Fsp3) is 0.538. The largest absolute Gasteiger partial charge is 0.382 e. The first-order valence-corrected chi connectivity index (χ1v) is 12.8. The van der Waals surface area contributed by atoms with E-state index in [1.807, 2.05) is 23.8 Å². The summed E-state index contributed by atoms with van der Waals surface area (Å²) in [5.41, 5.74) is 3.28. The molecule has 10 nitrogen and oxygen atoms in total. The molecule has 2 aliphatic rings. The van der Waals surface area contributed by atoms with Crippen LogP contribution < -0.4 is 21.1 Å². The maximum Gasteiger partial charge on any atom is 0.258 e. The van der Waals surface area contributed by atoms with Crippen LogP contribution in [0.4, 0.5) is 17.5 Å². The number of nitrogens with zero attached hydrogens (tertiary/aromatic N) is 5. The summed E-state index contributed by atoms with van der Waals surface area (Å²) in [6.45, 7) is 7.04. The zero-order chi connectivity index (χ0) is 24.9. The SMILES string of the molecule is COCCOCc1c(C)c2cnc(Nc3ccc(N4CCNCC4)cn3)nc2n(C2CCCC2)c1=O. The van der Waals surface area contributed by atoms with Gasteiger partial charge in [-0.2, -0.15) is 4.98 Å². The van der Waals surface area contributed by atoms with Gasteiger partial charge < -0.3 is 25.0 Å². The van der Waals surface area contributed by atoms with E-state index in [4.69, 9.17) is 14.5 Å². The minimum Gasteiger partial charge on any atom is -0.382 e. The minimum absolute atomic E-state index is 0.0209. The Kier molecular flexibility index (Phi) is 7.74. The van der Waals surface area contributed by atoms with Gasteiger partial charge in [-0.15, -0.1) is 0 Å². The fourth-order valence-electron chi connectivity index (χ4n) is 5.12. The predicted molar refractivity (Wildman–Crippen MR) is 140 cm³/mol. The molecule has 3 aromatic heterocycles. The van der Waals surface area contributed by atoms with Crippen LogP contribution in [0.3, 0.4) is 0 Å². The summed E-state index contributed by atoms with van der Waals surface area (Å²) in [5.74, 6) is 1.10. The van der Waals surface area contributed by atoms with Crippen LogP contribution in [0.2, 0.25) is 0 Å². The predicted octanol–water partition coefficient (Wildman–Crippen LogP) is 2.93. The van der Waals surface area contributed by atoms with Crippen LogP contribution in [-0.2, 0) is 16.1 Å². The number of rotatable bonds is 9. The molecule has 4 heterocycles. The van der Waals surface area contributed by atoms with Crippen molar-refractivity contribution in [1.29, 1.82) is 0 Å². The molecule has 192 valence electrons. The van der Waals surface area contributed by atoms with Gasteiger partial charge in [0.25, 0.3) is 5.56 Å². The molecule has 2 N–H and O–H groups in total. The number of aromatic nitrogens is 4. The number of nitrogens with one attached hydrogen (secondary N) is 2. The highest BCUT2D eigenvalue weighted by atomic mass is 16.5. The van der Waals surface area contributed by atoms with Crippen molar-refractivity contribution in [1.82, 2.24) is 24.8 Å². The summed E-state index contributed by atoms with van der Waals surface area (Å²) < 4.78 is 12.7. The number of hydrogen-bond donors (Lipinski definition) is 2. The van der Waals surface area contributed by atoms with Crippen LogP contribution in [-0.4, -0.2) is 66.0 Å². The number of ether oxygens (including phenoxy) is 2. The smallest absolute Gasteiger partial charge is 0.258 e. The van der Waals surface area contributed by atoms with E-state index < -0.39 is 0 Å². The third-order valence-electron chi connectivity index (χ3n) is 7.17. The molecule has 1 saturated carbocycles. The van der Waals surface area contributed by atoms with Crippen LogP contribution in [0.25, 0.3) is 11.0 Å². The number of aryl methyl sites for hydroxylation is 1. The van der Waals surface area contributed by atoms with Crippen LogP contribution in [0, 0.1) is 6.92 Å². The number of anilines is 3. The highest BCUT2D eigenvalue weighted by molar-refractivity contribution is 5.80. The first kappa shape index (κ1) is 24.6. The lowest BCUT2D eigenvalue weighted by atomic mass is 10.1. The summed E-state index contributed by atoms with van der Waals surface area (Å²) in [4.78, 5) is 29.9. The van der Waals surface area contributed by atoms with Crippen molar-refractivity contribution in [2.45, 2.75) is 45.3 Å². The van der Waals surface area contributed by atoms with Gasteiger partial charge in [-0.3, -0.25) is 9.36 Å². The normalized spacial score (nSPS) is 16.7. The average molecular weight is 494 g/mol. The third-order valence-corrected chi connectivity index (χ3v) is 7.17. The average Bonchev–Trinajstić information content (AvgIpc) is 3.44. The molecule has 10 heteroatoms. The Morgan fingerprint density at radius 2 is 1.92 bits per heavy atom. The lowest BCUT2D eigenvalue weighted by Gasteiger charge is -2.29. The first-order valence-electron chi connectivity index (χ1n) is 12.8. The second-order valence-corrected chi connectivity index (χ2v) is 9.46. The van der Waals surface area contributed by atoms with Gasteiger partial charge >= 0.3 is 0 Å². The highest BCUT2D eigenvalue weighted by Gasteiger charge is 2.24. The first-order chi connectivity index (χ1) is 17.7. The standard InChI is InChI=1S/C26H35N7O3/c1-18-21-16-29-26(30-23-8-7-20(15-28-23)32-11-9-27-10-12-32)31-24(21)33(19-5-3-4-6-19)25(34)22(18)17-36-14-13-35-2/h7-8,15-16,19,27H,3-6,9-14,17H2,1-2H3,(H,28,29,30,31). The summed E-state index contributed by atoms with van der Waals surface area (Å²) >= 11 is 0. The van der Waals surface area contributed by atoms with Gasteiger partial charge in [0.1, 0.15) is 11.5 Å². The van der Waals surface area contributed by atoms with Crippen LogP contribution in [0.1, 0.15) is 42.9 Å². The van der Waals surface area contributed by atoms with E-state index in [1.165, 1.54) is 0 Å². The van der Waals surface area contributed by atoms with E-state index >= 15 is 0 Å². The van der Waals surface area contributed by atoms with E-state index in [0.717, 1.165) is 68.5 Å². The topological polar surface area (TPSA) is 106 Å². The van der Waals surface area contributed by atoms with Crippen LogP contribution in [0.15, 0.2) is 29.3 Å². The zero-order valence-electron chi connectivity index (χ0n) is 21.1. The molecule has 0 bridgehead atoms. The lowest BCUT2D eigenvalue weighted by molar-refractivity contribution is 0.0608. The summed E-state index contributed by atoms with van der Waals surface area (Å²) in [7, 11) is 1.64. The Morgan fingerprint density at radius 1 is 1.11 bits per heavy atom. The van der Waals surface area contributed by atoms with E-state index in [1.54, 1.807) is 13.3 Å². The molecule has 36 heavy (non-hydrogen) atoms. The quantitative estimate of drug-likeness (QED) is 0.435. The van der Waals surface area contributed by atoms with Gasteiger partial charge in [0.05, 0.1) is 31.7 Å². The zero-order valence-corrected chi connectivity index (χ0v) is 21.1. The van der Waals surface area contributed by atoms with E-state index in [2.05, 4.69) is 31.6 Å². The number of methoxy groups -OCH3 is 1. The third kappa shape index (κ3) is 5.21. The van der Waals surface area contributed by atoms with Crippen molar-refractivity contribution < 1.29 is 9.47 Å².